The highest BCUT2D eigenvalue weighted by atomic mass is 32.2. The van der Waals surface area contributed by atoms with Crippen LogP contribution in [0.3, 0.4) is 0 Å². The van der Waals surface area contributed by atoms with Crippen LogP contribution in [-0.4, -0.2) is 47.8 Å². The summed E-state index contributed by atoms with van der Waals surface area (Å²) in [5.74, 6) is -2.94. The molecule has 1 saturated heterocycles. The second kappa shape index (κ2) is 7.08. The van der Waals surface area contributed by atoms with Crippen molar-refractivity contribution in [1.82, 2.24) is 14.4 Å². The smallest absolute Gasteiger partial charge is 0.471 e. The standard InChI is InChI=1S/C15H15F4N3O4S/c1-2-27(23,24)22-6-5-10(8-22)25-12-4-3-9(7-11(12)16)13-20-14(26-21-13)15(17,18)19/h3-4,7,10H,2,5-6,8H2,1H3/t10-/m1/s1. The number of sulfonamides is 1. The summed E-state index contributed by atoms with van der Waals surface area (Å²) < 4.78 is 86.3. The van der Waals surface area contributed by atoms with E-state index in [9.17, 15) is 26.0 Å². The SMILES string of the molecule is CCS(=O)(=O)N1CC[C@@H](Oc2ccc(-c3noc(C(F)(F)F)n3)cc2F)C1. The first-order valence-electron chi connectivity index (χ1n) is 7.95. The van der Waals surface area contributed by atoms with Crippen LogP contribution < -0.4 is 4.74 Å². The molecule has 7 nitrogen and oxygen atoms in total. The van der Waals surface area contributed by atoms with Gasteiger partial charge in [-0.25, -0.2) is 12.8 Å². The summed E-state index contributed by atoms with van der Waals surface area (Å²) >= 11 is 0. The number of ether oxygens (including phenoxy) is 1. The van der Waals surface area contributed by atoms with Crippen molar-refractivity contribution in [2.75, 3.05) is 18.8 Å². The Morgan fingerprint density at radius 2 is 2.11 bits per heavy atom. The van der Waals surface area contributed by atoms with Gasteiger partial charge >= 0.3 is 12.1 Å². The Bertz CT molecular complexity index is 929. The largest absolute Gasteiger partial charge is 0.486 e. The Hall–Kier alpha value is -2.21. The minimum atomic E-state index is -4.79. The molecule has 12 heteroatoms. The summed E-state index contributed by atoms with van der Waals surface area (Å²) in [6.07, 6.45) is -4.91. The molecule has 2 aromatic rings. The van der Waals surface area contributed by atoms with Gasteiger partial charge in [0.1, 0.15) is 6.10 Å². The molecule has 0 N–H and O–H groups in total. The number of benzene rings is 1. The second-order valence-corrected chi connectivity index (χ2v) is 8.11. The van der Waals surface area contributed by atoms with E-state index in [4.69, 9.17) is 4.74 Å². The highest BCUT2D eigenvalue weighted by Crippen LogP contribution is 2.31. The average Bonchev–Trinajstić information content (AvgIpc) is 3.26. The van der Waals surface area contributed by atoms with E-state index in [0.29, 0.717) is 6.42 Å². The maximum atomic E-state index is 14.3. The molecule has 0 bridgehead atoms. The van der Waals surface area contributed by atoms with Gasteiger partial charge in [0, 0.05) is 12.1 Å². The zero-order valence-corrected chi connectivity index (χ0v) is 14.8. The third kappa shape index (κ3) is 4.21. The predicted octanol–water partition coefficient (Wildman–Crippen LogP) is 2.70. The fraction of sp³-hybridized carbons (Fsp3) is 0.467. The van der Waals surface area contributed by atoms with Crippen molar-refractivity contribution >= 4 is 10.0 Å². The Kier molecular flexibility index (Phi) is 5.12. The van der Waals surface area contributed by atoms with Crippen molar-refractivity contribution in [2.24, 2.45) is 0 Å². The number of nitrogens with zero attached hydrogens (tertiary/aromatic N) is 3. The Balaban J connectivity index is 1.72. The van der Waals surface area contributed by atoms with Crippen LogP contribution in [0.15, 0.2) is 22.7 Å². The van der Waals surface area contributed by atoms with Crippen molar-refractivity contribution in [3.63, 3.8) is 0 Å². The van der Waals surface area contributed by atoms with Crippen LogP contribution in [0.25, 0.3) is 11.4 Å². The molecular weight excluding hydrogens is 394 g/mol. The van der Waals surface area contributed by atoms with Gasteiger partial charge in [-0.3, -0.25) is 0 Å². The summed E-state index contributed by atoms with van der Waals surface area (Å²) in [6, 6.07) is 3.44. The molecule has 2 heterocycles. The van der Waals surface area contributed by atoms with Crippen LogP contribution >= 0.6 is 0 Å². The van der Waals surface area contributed by atoms with Gasteiger partial charge in [-0.1, -0.05) is 5.16 Å². The van der Waals surface area contributed by atoms with Crippen LogP contribution in [0.2, 0.25) is 0 Å². The number of hydrogen-bond acceptors (Lipinski definition) is 6. The quantitative estimate of drug-likeness (QED) is 0.706. The van der Waals surface area contributed by atoms with Gasteiger partial charge in [-0.2, -0.15) is 22.5 Å². The van der Waals surface area contributed by atoms with Crippen LogP contribution in [0.1, 0.15) is 19.2 Å². The molecule has 1 atom stereocenters. The van der Waals surface area contributed by atoms with Crippen LogP contribution in [0.4, 0.5) is 17.6 Å². The van der Waals surface area contributed by atoms with Gasteiger partial charge in [-0.05, 0) is 31.5 Å². The van der Waals surface area contributed by atoms with E-state index in [1.54, 1.807) is 0 Å². The molecule has 1 aliphatic rings. The zero-order valence-electron chi connectivity index (χ0n) is 14.0. The van der Waals surface area contributed by atoms with E-state index >= 15 is 0 Å². The van der Waals surface area contributed by atoms with Crippen molar-refractivity contribution in [2.45, 2.75) is 25.6 Å². The zero-order chi connectivity index (χ0) is 19.8. The lowest BCUT2D eigenvalue weighted by atomic mass is 10.2. The lowest BCUT2D eigenvalue weighted by Crippen LogP contribution is -2.32. The van der Waals surface area contributed by atoms with Crippen molar-refractivity contribution in [1.29, 1.82) is 0 Å². The monoisotopic (exact) mass is 409 g/mol. The molecule has 0 spiro atoms. The lowest BCUT2D eigenvalue weighted by molar-refractivity contribution is -0.159. The molecule has 1 fully saturated rings. The van der Waals surface area contributed by atoms with Gasteiger partial charge in [0.05, 0.1) is 12.3 Å². The van der Waals surface area contributed by atoms with Gasteiger partial charge in [0.25, 0.3) is 0 Å². The maximum absolute atomic E-state index is 14.3. The van der Waals surface area contributed by atoms with Crippen molar-refractivity contribution in [3.05, 3.63) is 29.9 Å². The molecular formula is C15H15F4N3O4S. The van der Waals surface area contributed by atoms with Crippen molar-refractivity contribution in [3.8, 4) is 17.1 Å². The molecule has 1 aliphatic heterocycles. The molecule has 0 amide bonds. The highest BCUT2D eigenvalue weighted by Gasteiger charge is 2.38. The minimum absolute atomic E-state index is 0.0132. The van der Waals surface area contributed by atoms with Crippen LogP contribution in [-0.2, 0) is 16.2 Å². The molecule has 0 radical (unpaired) electrons. The predicted molar refractivity (Wildman–Crippen MR) is 84.8 cm³/mol. The molecule has 0 aliphatic carbocycles. The van der Waals surface area contributed by atoms with E-state index in [1.165, 1.54) is 23.4 Å². The first-order valence-corrected chi connectivity index (χ1v) is 9.56. The Labute approximate surface area is 152 Å². The molecule has 27 heavy (non-hydrogen) atoms. The lowest BCUT2D eigenvalue weighted by Gasteiger charge is -2.16. The number of alkyl halides is 3. The Morgan fingerprint density at radius 3 is 2.70 bits per heavy atom. The summed E-state index contributed by atoms with van der Waals surface area (Å²) in [5, 5.41) is 3.19. The second-order valence-electron chi connectivity index (χ2n) is 5.85. The molecule has 0 unspecified atom stereocenters. The summed E-state index contributed by atoms with van der Waals surface area (Å²) in [5.41, 5.74) is -0.0132. The molecule has 1 aromatic carbocycles. The highest BCUT2D eigenvalue weighted by molar-refractivity contribution is 7.89. The minimum Gasteiger partial charge on any atom is -0.486 e. The van der Waals surface area contributed by atoms with E-state index in [1.807, 2.05) is 0 Å². The summed E-state index contributed by atoms with van der Waals surface area (Å²) in [6.45, 7) is 1.92. The van der Waals surface area contributed by atoms with Crippen LogP contribution in [0, 0.1) is 5.82 Å². The number of hydrogen-bond donors (Lipinski definition) is 0. The fourth-order valence-corrected chi connectivity index (χ4v) is 3.74. The number of halogens is 4. The average molecular weight is 409 g/mol. The van der Waals surface area contributed by atoms with E-state index in [0.717, 1.165) is 6.07 Å². The summed E-state index contributed by atoms with van der Waals surface area (Å²) in [4.78, 5) is 3.19. The maximum Gasteiger partial charge on any atom is 0.471 e. The molecule has 148 valence electrons. The third-order valence-corrected chi connectivity index (χ3v) is 5.87. The number of rotatable bonds is 5. The third-order valence-electron chi connectivity index (χ3n) is 4.02. The summed E-state index contributed by atoms with van der Waals surface area (Å²) in [7, 11) is -3.35. The van der Waals surface area contributed by atoms with E-state index in [-0.39, 0.29) is 30.2 Å². The van der Waals surface area contributed by atoms with Gasteiger partial charge in [-0.15, -0.1) is 0 Å². The molecule has 3 rings (SSSR count). The molecule has 1 aromatic heterocycles. The number of aromatic nitrogens is 2. The van der Waals surface area contributed by atoms with Crippen molar-refractivity contribution < 1.29 is 35.2 Å². The first kappa shape index (κ1) is 19.5. The fourth-order valence-electron chi connectivity index (χ4n) is 2.60. The van der Waals surface area contributed by atoms with E-state index in [2.05, 4.69) is 14.7 Å². The van der Waals surface area contributed by atoms with Gasteiger partial charge < -0.3 is 9.26 Å². The first-order chi connectivity index (χ1) is 12.6. The normalized spacial score (nSPS) is 18.8. The van der Waals surface area contributed by atoms with Crippen LogP contribution in [0.5, 0.6) is 5.75 Å². The van der Waals surface area contributed by atoms with E-state index < -0.39 is 39.8 Å². The topological polar surface area (TPSA) is 85.5 Å². The van der Waals surface area contributed by atoms with Gasteiger partial charge in [0.2, 0.25) is 15.8 Å². The Morgan fingerprint density at radius 1 is 1.37 bits per heavy atom. The van der Waals surface area contributed by atoms with Gasteiger partial charge in [0.15, 0.2) is 11.6 Å². The molecule has 0 saturated carbocycles.